The van der Waals surface area contributed by atoms with Gasteiger partial charge in [0.2, 0.25) is 0 Å². The van der Waals surface area contributed by atoms with Crippen LogP contribution in [-0.4, -0.2) is 38.1 Å². The van der Waals surface area contributed by atoms with Crippen LogP contribution in [0.5, 0.6) is 11.5 Å². The molecule has 1 fully saturated rings. The topological polar surface area (TPSA) is 47.9 Å². The van der Waals surface area contributed by atoms with E-state index in [2.05, 4.69) is 31.2 Å². The molecule has 0 amide bonds. The molecule has 2 aromatic rings. The van der Waals surface area contributed by atoms with Crippen molar-refractivity contribution in [2.75, 3.05) is 33.0 Å². The minimum absolute atomic E-state index is 0.200. The zero-order valence-electron chi connectivity index (χ0n) is 17.1. The molecule has 0 aliphatic carbocycles. The Hall–Kier alpha value is -1.78. The number of fused-ring (bicyclic) bond motifs is 1. The van der Waals surface area contributed by atoms with Gasteiger partial charge in [0.25, 0.3) is 0 Å². The highest BCUT2D eigenvalue weighted by atomic mass is 16.5. The summed E-state index contributed by atoms with van der Waals surface area (Å²) in [5, 5.41) is 11.1. The Morgan fingerprint density at radius 1 is 0.857 bits per heavy atom. The summed E-state index contributed by atoms with van der Waals surface area (Å²) in [6.07, 6.45) is 7.82. The SMILES string of the molecule is CCC1(COc2ccc3cc(OCCCCCCCCO)ccc3c2)COC1. The molecule has 0 bridgehead atoms. The molecule has 1 saturated heterocycles. The lowest BCUT2D eigenvalue weighted by Crippen LogP contribution is -2.46. The molecule has 1 N–H and O–H groups in total. The second kappa shape index (κ2) is 10.7. The van der Waals surface area contributed by atoms with E-state index in [0.717, 1.165) is 63.6 Å². The average Bonchev–Trinajstić information content (AvgIpc) is 2.69. The lowest BCUT2D eigenvalue weighted by atomic mass is 9.84. The Kier molecular flexibility index (Phi) is 7.99. The van der Waals surface area contributed by atoms with Crippen molar-refractivity contribution in [2.24, 2.45) is 5.41 Å². The number of rotatable bonds is 13. The third-order valence-electron chi connectivity index (χ3n) is 5.72. The summed E-state index contributed by atoms with van der Waals surface area (Å²) in [7, 11) is 0. The summed E-state index contributed by atoms with van der Waals surface area (Å²) >= 11 is 0. The highest BCUT2D eigenvalue weighted by Gasteiger charge is 2.37. The fraction of sp³-hybridized carbons (Fsp3) is 0.583. The maximum absolute atomic E-state index is 8.77. The number of benzene rings is 2. The molecule has 0 saturated carbocycles. The fourth-order valence-electron chi connectivity index (χ4n) is 3.51. The minimum atomic E-state index is 0.200. The van der Waals surface area contributed by atoms with E-state index in [9.17, 15) is 0 Å². The van der Waals surface area contributed by atoms with E-state index in [1.54, 1.807) is 0 Å². The van der Waals surface area contributed by atoms with Gasteiger partial charge in [-0.3, -0.25) is 0 Å². The van der Waals surface area contributed by atoms with Crippen LogP contribution in [0.3, 0.4) is 0 Å². The Balaban J connectivity index is 1.43. The molecule has 0 unspecified atom stereocenters. The van der Waals surface area contributed by atoms with Crippen molar-refractivity contribution in [1.29, 1.82) is 0 Å². The van der Waals surface area contributed by atoms with Gasteiger partial charge in [0.05, 0.1) is 31.8 Å². The molecule has 28 heavy (non-hydrogen) atoms. The van der Waals surface area contributed by atoms with Gasteiger partial charge in [0, 0.05) is 6.61 Å². The Bertz CT molecular complexity index is 718. The first-order chi connectivity index (χ1) is 13.7. The molecule has 154 valence electrons. The van der Waals surface area contributed by atoms with Gasteiger partial charge in [0.15, 0.2) is 0 Å². The zero-order valence-corrected chi connectivity index (χ0v) is 17.1. The predicted molar refractivity (Wildman–Crippen MR) is 113 cm³/mol. The molecular formula is C24H34O4. The van der Waals surface area contributed by atoms with Crippen LogP contribution in [0.2, 0.25) is 0 Å². The highest BCUT2D eigenvalue weighted by Crippen LogP contribution is 2.33. The molecule has 1 heterocycles. The molecule has 0 spiro atoms. The van der Waals surface area contributed by atoms with Gasteiger partial charge < -0.3 is 19.3 Å². The summed E-state index contributed by atoms with van der Waals surface area (Å²) in [4.78, 5) is 0. The number of hydrogen-bond acceptors (Lipinski definition) is 4. The van der Waals surface area contributed by atoms with E-state index < -0.39 is 0 Å². The number of ether oxygens (including phenoxy) is 3. The lowest BCUT2D eigenvalue weighted by molar-refractivity contribution is -0.133. The Morgan fingerprint density at radius 3 is 2.04 bits per heavy atom. The summed E-state index contributed by atoms with van der Waals surface area (Å²) in [5.74, 6) is 1.85. The fourth-order valence-corrected chi connectivity index (χ4v) is 3.51. The summed E-state index contributed by atoms with van der Waals surface area (Å²) in [6.45, 7) is 5.60. The molecule has 4 nitrogen and oxygen atoms in total. The van der Waals surface area contributed by atoms with E-state index in [-0.39, 0.29) is 5.41 Å². The minimum Gasteiger partial charge on any atom is -0.494 e. The van der Waals surface area contributed by atoms with Crippen molar-refractivity contribution in [3.63, 3.8) is 0 Å². The smallest absolute Gasteiger partial charge is 0.119 e. The van der Waals surface area contributed by atoms with Gasteiger partial charge in [-0.15, -0.1) is 0 Å². The third-order valence-corrected chi connectivity index (χ3v) is 5.72. The first-order valence-electron chi connectivity index (χ1n) is 10.7. The van der Waals surface area contributed by atoms with Gasteiger partial charge in [-0.2, -0.15) is 0 Å². The summed E-state index contributed by atoms with van der Waals surface area (Å²) < 4.78 is 17.3. The van der Waals surface area contributed by atoms with Gasteiger partial charge in [-0.25, -0.2) is 0 Å². The maximum Gasteiger partial charge on any atom is 0.119 e. The van der Waals surface area contributed by atoms with Crippen molar-refractivity contribution < 1.29 is 19.3 Å². The molecule has 1 aliphatic heterocycles. The number of aliphatic hydroxyl groups is 1. The first-order valence-corrected chi connectivity index (χ1v) is 10.7. The monoisotopic (exact) mass is 386 g/mol. The number of hydrogen-bond donors (Lipinski definition) is 1. The van der Waals surface area contributed by atoms with E-state index in [0.29, 0.717) is 6.61 Å². The van der Waals surface area contributed by atoms with Crippen molar-refractivity contribution in [1.82, 2.24) is 0 Å². The highest BCUT2D eigenvalue weighted by molar-refractivity contribution is 5.85. The standard InChI is InChI=1S/C24H34O4/c1-2-24(17-26-18-24)19-28-23-12-10-20-15-22(11-9-21(20)16-23)27-14-8-6-4-3-5-7-13-25/h9-12,15-16,25H,2-8,13-14,17-19H2,1H3. The van der Waals surface area contributed by atoms with Crippen molar-refractivity contribution in [3.8, 4) is 11.5 Å². The van der Waals surface area contributed by atoms with E-state index >= 15 is 0 Å². The van der Waals surface area contributed by atoms with E-state index in [4.69, 9.17) is 19.3 Å². The van der Waals surface area contributed by atoms with Gasteiger partial charge in [-0.05, 0) is 54.3 Å². The molecule has 3 rings (SSSR count). The second-order valence-electron chi connectivity index (χ2n) is 8.00. The van der Waals surface area contributed by atoms with Crippen LogP contribution >= 0.6 is 0 Å². The second-order valence-corrected chi connectivity index (χ2v) is 8.00. The van der Waals surface area contributed by atoms with E-state index in [1.807, 2.05) is 12.1 Å². The molecular weight excluding hydrogens is 352 g/mol. The van der Waals surface area contributed by atoms with Crippen LogP contribution in [0.15, 0.2) is 36.4 Å². The van der Waals surface area contributed by atoms with Crippen LogP contribution in [-0.2, 0) is 4.74 Å². The normalized spacial score (nSPS) is 15.4. The first kappa shape index (κ1) is 20.9. The summed E-state index contributed by atoms with van der Waals surface area (Å²) in [6, 6.07) is 12.5. The van der Waals surface area contributed by atoms with Gasteiger partial charge in [0.1, 0.15) is 11.5 Å². The largest absolute Gasteiger partial charge is 0.494 e. The average molecular weight is 387 g/mol. The number of aliphatic hydroxyl groups excluding tert-OH is 1. The molecule has 4 heteroatoms. The molecule has 0 aromatic heterocycles. The molecule has 1 aliphatic rings. The van der Waals surface area contributed by atoms with Crippen LogP contribution in [0.25, 0.3) is 10.8 Å². The summed E-state index contributed by atoms with van der Waals surface area (Å²) in [5.41, 5.74) is 0.200. The Morgan fingerprint density at radius 2 is 1.46 bits per heavy atom. The van der Waals surface area contributed by atoms with Gasteiger partial charge >= 0.3 is 0 Å². The molecule has 0 radical (unpaired) electrons. The lowest BCUT2D eigenvalue weighted by Gasteiger charge is -2.40. The zero-order chi connectivity index (χ0) is 19.7. The van der Waals surface area contributed by atoms with Crippen LogP contribution < -0.4 is 9.47 Å². The Labute approximate surface area is 168 Å². The van der Waals surface area contributed by atoms with E-state index in [1.165, 1.54) is 30.0 Å². The van der Waals surface area contributed by atoms with Crippen molar-refractivity contribution in [2.45, 2.75) is 51.9 Å². The van der Waals surface area contributed by atoms with Gasteiger partial charge in [-0.1, -0.05) is 44.7 Å². The van der Waals surface area contributed by atoms with Crippen LogP contribution in [0.4, 0.5) is 0 Å². The molecule has 2 aromatic carbocycles. The molecule has 0 atom stereocenters. The van der Waals surface area contributed by atoms with Crippen molar-refractivity contribution in [3.05, 3.63) is 36.4 Å². The maximum atomic E-state index is 8.77. The van der Waals surface area contributed by atoms with Crippen LogP contribution in [0, 0.1) is 5.41 Å². The third kappa shape index (κ3) is 5.86. The van der Waals surface area contributed by atoms with Crippen LogP contribution in [0.1, 0.15) is 51.9 Å². The predicted octanol–water partition coefficient (Wildman–Crippen LogP) is 5.36. The quantitative estimate of drug-likeness (QED) is 0.471. The number of unbranched alkanes of at least 4 members (excludes halogenated alkanes) is 5. The van der Waals surface area contributed by atoms with Crippen molar-refractivity contribution >= 4 is 10.8 Å².